The first kappa shape index (κ1) is 24.5. The molecule has 3 heterocycles. The molecule has 0 bridgehead atoms. The Morgan fingerprint density at radius 3 is 1.97 bits per heavy atom. The summed E-state index contributed by atoms with van der Waals surface area (Å²) in [5, 5.41) is 3.47. The maximum Gasteiger partial charge on any atom is 0.261 e. The van der Waals surface area contributed by atoms with Gasteiger partial charge in [-0.15, -0.1) is 0 Å². The van der Waals surface area contributed by atoms with Crippen molar-refractivity contribution in [2.45, 2.75) is 25.3 Å². The van der Waals surface area contributed by atoms with Crippen molar-refractivity contribution in [2.75, 3.05) is 18.4 Å². The summed E-state index contributed by atoms with van der Waals surface area (Å²) in [7, 11) is 0. The Kier molecular flexibility index (Phi) is 6.82. The van der Waals surface area contributed by atoms with Crippen LogP contribution in [0.25, 0.3) is 11.2 Å². The number of imidazole rings is 1. The van der Waals surface area contributed by atoms with Crippen LogP contribution in [0.15, 0.2) is 97.6 Å². The Morgan fingerprint density at radius 1 is 0.718 bits per heavy atom. The minimum Gasteiger partial charge on any atom is -0.368 e. The lowest BCUT2D eigenvalue weighted by atomic mass is 9.88. The summed E-state index contributed by atoms with van der Waals surface area (Å²) in [6.45, 7) is 1.63. The van der Waals surface area contributed by atoms with E-state index in [-0.39, 0.29) is 17.7 Å². The van der Waals surface area contributed by atoms with E-state index in [9.17, 15) is 9.59 Å². The monoisotopic (exact) mass is 516 g/mol. The molecule has 0 saturated heterocycles. The van der Waals surface area contributed by atoms with Gasteiger partial charge in [0.25, 0.3) is 11.8 Å². The second-order valence-electron chi connectivity index (χ2n) is 9.58. The first-order chi connectivity index (χ1) is 19.2. The number of fused-ring (bicyclic) bond motifs is 2. The summed E-state index contributed by atoms with van der Waals surface area (Å²) in [4.78, 5) is 40.1. The third-order valence-electron chi connectivity index (χ3n) is 7.19. The van der Waals surface area contributed by atoms with Crippen LogP contribution >= 0.6 is 0 Å². The number of carbonyl (C=O) groups is 2. The molecule has 0 radical (unpaired) electrons. The molecule has 8 nitrogen and oxygen atoms in total. The molecule has 2 aromatic heterocycles. The Morgan fingerprint density at radius 2 is 1.33 bits per heavy atom. The number of aryl methyl sites for hydroxylation is 1. The van der Waals surface area contributed by atoms with Gasteiger partial charge in [0.05, 0.1) is 17.5 Å². The number of aromatic nitrogens is 4. The van der Waals surface area contributed by atoms with Crippen molar-refractivity contribution in [3.05, 3.63) is 120 Å². The minimum atomic E-state index is -0.232. The number of hydrogen-bond acceptors (Lipinski definition) is 6. The summed E-state index contributed by atoms with van der Waals surface area (Å²) >= 11 is 0. The van der Waals surface area contributed by atoms with Crippen LogP contribution in [-0.2, 0) is 6.54 Å². The molecule has 5 aromatic rings. The van der Waals surface area contributed by atoms with Crippen molar-refractivity contribution in [2.24, 2.45) is 0 Å². The zero-order valence-electron chi connectivity index (χ0n) is 21.4. The third kappa shape index (κ3) is 4.88. The third-order valence-corrected chi connectivity index (χ3v) is 7.19. The molecular formula is C31H28N6O2. The van der Waals surface area contributed by atoms with Crippen LogP contribution in [0.5, 0.6) is 0 Å². The molecule has 6 rings (SSSR count). The van der Waals surface area contributed by atoms with Crippen molar-refractivity contribution in [3.63, 3.8) is 0 Å². The molecular weight excluding hydrogens is 488 g/mol. The molecule has 0 saturated carbocycles. The van der Waals surface area contributed by atoms with E-state index >= 15 is 0 Å². The normalized spacial score (nSPS) is 12.9. The molecule has 0 aliphatic carbocycles. The van der Waals surface area contributed by atoms with Gasteiger partial charge in [0.1, 0.15) is 11.8 Å². The van der Waals surface area contributed by atoms with E-state index < -0.39 is 0 Å². The molecule has 194 valence electrons. The van der Waals surface area contributed by atoms with Crippen LogP contribution in [0.1, 0.15) is 50.6 Å². The molecule has 1 aliphatic heterocycles. The van der Waals surface area contributed by atoms with Gasteiger partial charge in [-0.3, -0.25) is 14.5 Å². The van der Waals surface area contributed by atoms with E-state index in [0.29, 0.717) is 48.5 Å². The average molecular weight is 517 g/mol. The smallest absolute Gasteiger partial charge is 0.261 e. The molecule has 2 amide bonds. The number of benzene rings is 3. The van der Waals surface area contributed by atoms with Crippen LogP contribution in [0.2, 0.25) is 0 Å². The van der Waals surface area contributed by atoms with Gasteiger partial charge >= 0.3 is 0 Å². The SMILES string of the molecule is O=C1c2ccccc2C(=O)N1CCCn1cnc2c(NCCC(c3ccccc3)c3ccccc3)ncnc21. The summed E-state index contributed by atoms with van der Waals surface area (Å²) in [5.74, 6) is 0.490. The van der Waals surface area contributed by atoms with Crippen molar-refractivity contribution in [1.29, 1.82) is 0 Å². The van der Waals surface area contributed by atoms with Crippen molar-refractivity contribution in [1.82, 2.24) is 24.4 Å². The van der Waals surface area contributed by atoms with Crippen LogP contribution in [0, 0.1) is 0 Å². The molecule has 0 spiro atoms. The van der Waals surface area contributed by atoms with E-state index in [1.54, 1.807) is 36.9 Å². The number of amides is 2. The average Bonchev–Trinajstić information content (AvgIpc) is 3.51. The lowest BCUT2D eigenvalue weighted by molar-refractivity contribution is 0.0651. The highest BCUT2D eigenvalue weighted by atomic mass is 16.2. The van der Waals surface area contributed by atoms with Crippen LogP contribution < -0.4 is 5.32 Å². The van der Waals surface area contributed by atoms with Crippen molar-refractivity contribution < 1.29 is 9.59 Å². The van der Waals surface area contributed by atoms with E-state index in [1.807, 2.05) is 16.7 Å². The van der Waals surface area contributed by atoms with Gasteiger partial charge in [0.15, 0.2) is 11.5 Å². The maximum absolute atomic E-state index is 12.6. The fraction of sp³-hybridized carbons (Fsp3) is 0.194. The summed E-state index contributed by atoms with van der Waals surface area (Å²) in [6, 6.07) is 28.0. The maximum atomic E-state index is 12.6. The molecule has 0 fully saturated rings. The van der Waals surface area contributed by atoms with E-state index in [1.165, 1.54) is 16.0 Å². The number of hydrogen-bond donors (Lipinski definition) is 1. The van der Waals surface area contributed by atoms with Gasteiger partial charge in [-0.2, -0.15) is 0 Å². The molecule has 1 N–H and O–H groups in total. The first-order valence-corrected chi connectivity index (χ1v) is 13.2. The van der Waals surface area contributed by atoms with E-state index in [0.717, 1.165) is 12.1 Å². The van der Waals surface area contributed by atoms with Gasteiger partial charge in [0, 0.05) is 25.6 Å². The van der Waals surface area contributed by atoms with Gasteiger partial charge in [-0.25, -0.2) is 15.0 Å². The highest BCUT2D eigenvalue weighted by Gasteiger charge is 2.34. The largest absolute Gasteiger partial charge is 0.368 e. The van der Waals surface area contributed by atoms with Crippen LogP contribution in [0.4, 0.5) is 5.82 Å². The molecule has 0 unspecified atom stereocenters. The summed E-state index contributed by atoms with van der Waals surface area (Å²) in [6.07, 6.45) is 4.77. The molecule has 0 atom stereocenters. The van der Waals surface area contributed by atoms with Crippen LogP contribution in [-0.4, -0.2) is 49.3 Å². The molecule has 1 aliphatic rings. The minimum absolute atomic E-state index is 0.232. The van der Waals surface area contributed by atoms with Gasteiger partial charge in [-0.1, -0.05) is 72.8 Å². The summed E-state index contributed by atoms with van der Waals surface area (Å²) in [5.41, 5.74) is 4.93. The topological polar surface area (TPSA) is 93.0 Å². The van der Waals surface area contributed by atoms with Gasteiger partial charge in [0.2, 0.25) is 0 Å². The number of carbonyl (C=O) groups excluding carboxylic acids is 2. The van der Waals surface area contributed by atoms with Crippen LogP contribution in [0.3, 0.4) is 0 Å². The Bertz CT molecular complexity index is 1540. The number of nitrogens with one attached hydrogen (secondary N) is 1. The second-order valence-corrected chi connectivity index (χ2v) is 9.58. The Balaban J connectivity index is 1.11. The quantitative estimate of drug-likeness (QED) is 0.258. The number of nitrogens with zero attached hydrogens (tertiary/aromatic N) is 5. The van der Waals surface area contributed by atoms with Crippen molar-refractivity contribution >= 4 is 28.8 Å². The van der Waals surface area contributed by atoms with E-state index in [2.05, 4.69) is 68.8 Å². The van der Waals surface area contributed by atoms with Gasteiger partial charge < -0.3 is 9.88 Å². The lowest BCUT2D eigenvalue weighted by Gasteiger charge is -2.18. The standard InChI is InChI=1S/C31H28N6O2/c38-30-25-14-7-8-15-26(25)31(39)37(30)19-9-18-36-21-35-27-28(33-20-34-29(27)36)32-17-16-24(22-10-3-1-4-11-22)23-12-5-2-6-13-23/h1-8,10-15,20-21,24H,9,16-19H2,(H,32,33,34). The fourth-order valence-corrected chi connectivity index (χ4v) is 5.25. The van der Waals surface area contributed by atoms with Gasteiger partial charge in [-0.05, 0) is 36.1 Å². The molecule has 8 heteroatoms. The first-order valence-electron chi connectivity index (χ1n) is 13.2. The van der Waals surface area contributed by atoms with Crippen molar-refractivity contribution in [3.8, 4) is 0 Å². The summed E-state index contributed by atoms with van der Waals surface area (Å²) < 4.78 is 1.94. The molecule has 39 heavy (non-hydrogen) atoms. The fourth-order valence-electron chi connectivity index (χ4n) is 5.25. The highest BCUT2D eigenvalue weighted by molar-refractivity contribution is 6.21. The zero-order chi connectivity index (χ0) is 26.6. The number of rotatable bonds is 10. The predicted molar refractivity (Wildman–Crippen MR) is 150 cm³/mol. The lowest BCUT2D eigenvalue weighted by Crippen LogP contribution is -2.31. The number of imide groups is 1. The second kappa shape index (κ2) is 10.9. The zero-order valence-corrected chi connectivity index (χ0v) is 21.4. The molecule has 3 aromatic carbocycles. The Hall–Kier alpha value is -4.85. The van der Waals surface area contributed by atoms with E-state index in [4.69, 9.17) is 0 Å². The predicted octanol–water partition coefficient (Wildman–Crippen LogP) is 5.15. The Labute approximate surface area is 226 Å². The number of anilines is 1. The highest BCUT2D eigenvalue weighted by Crippen LogP contribution is 2.28.